The van der Waals surface area contributed by atoms with Gasteiger partial charge in [-0.05, 0) is 13.0 Å². The zero-order chi connectivity index (χ0) is 14.1. The lowest BCUT2D eigenvalue weighted by Gasteiger charge is -2.25. The van der Waals surface area contributed by atoms with E-state index in [1.165, 1.54) is 0 Å². The Balaban J connectivity index is 3.80. The molecule has 0 bridgehead atoms. The molecule has 4 atom stereocenters. The number of aliphatic hydroxyl groups is 5. The molecule has 0 saturated carbocycles. The predicted octanol–water partition coefficient (Wildman–Crippen LogP) is -3.12. The molecule has 0 saturated heterocycles. The van der Waals surface area contributed by atoms with E-state index in [1.54, 1.807) is 0 Å². The highest BCUT2D eigenvalue weighted by Crippen LogP contribution is 2.04. The fourth-order valence-corrected chi connectivity index (χ4v) is 1.30. The van der Waals surface area contributed by atoms with Crippen molar-refractivity contribution in [3.05, 3.63) is 0 Å². The van der Waals surface area contributed by atoms with Gasteiger partial charge in [0.2, 0.25) is 0 Å². The Morgan fingerprint density at radius 3 is 2.11 bits per heavy atom. The molecule has 0 aliphatic rings. The van der Waals surface area contributed by atoms with Crippen molar-refractivity contribution in [3.63, 3.8) is 0 Å². The smallest absolute Gasteiger partial charge is 0.303 e. The number of carboxylic acids is 1. The molecule has 8 heteroatoms. The Kier molecular flexibility index (Phi) is 8.81. The standard InChI is InChI=1S/C10H21NO7/c12-5-7(14)10(18)9(17)6(13)4-11-3-1-2-8(15)16/h6-7,9-14,17-18H,1-5H2,(H,15,16)/t6-,7+,9+,10+/m0/s1. The summed E-state index contributed by atoms with van der Waals surface area (Å²) >= 11 is 0. The van der Waals surface area contributed by atoms with Crippen LogP contribution in [0.3, 0.4) is 0 Å². The van der Waals surface area contributed by atoms with Crippen LogP contribution in [-0.4, -0.2) is 80.7 Å². The number of nitrogens with one attached hydrogen (secondary N) is 1. The van der Waals surface area contributed by atoms with Crippen molar-refractivity contribution in [3.8, 4) is 0 Å². The maximum atomic E-state index is 10.2. The molecule has 0 aliphatic heterocycles. The summed E-state index contributed by atoms with van der Waals surface area (Å²) in [6, 6.07) is 0. The second kappa shape index (κ2) is 9.20. The number of hydrogen-bond acceptors (Lipinski definition) is 7. The quantitative estimate of drug-likeness (QED) is 0.205. The van der Waals surface area contributed by atoms with Crippen LogP contribution >= 0.6 is 0 Å². The van der Waals surface area contributed by atoms with E-state index in [0.29, 0.717) is 13.0 Å². The Hall–Kier alpha value is -0.770. The van der Waals surface area contributed by atoms with Crippen molar-refractivity contribution >= 4 is 5.97 Å². The second-order valence-corrected chi connectivity index (χ2v) is 4.00. The van der Waals surface area contributed by atoms with Gasteiger partial charge in [0.15, 0.2) is 0 Å². The maximum Gasteiger partial charge on any atom is 0.303 e. The van der Waals surface area contributed by atoms with Gasteiger partial charge in [-0.1, -0.05) is 0 Å². The van der Waals surface area contributed by atoms with Crippen LogP contribution in [0.15, 0.2) is 0 Å². The molecular formula is C10H21NO7. The summed E-state index contributed by atoms with van der Waals surface area (Å²) in [5.74, 6) is -0.918. The van der Waals surface area contributed by atoms with E-state index < -0.39 is 37.0 Å². The fraction of sp³-hybridized carbons (Fsp3) is 0.900. The Bertz CT molecular complexity index is 238. The lowest BCUT2D eigenvalue weighted by molar-refractivity contribution is -0.137. The molecule has 0 heterocycles. The Labute approximate surface area is 105 Å². The second-order valence-electron chi connectivity index (χ2n) is 4.00. The van der Waals surface area contributed by atoms with Crippen LogP contribution in [0.1, 0.15) is 12.8 Å². The molecule has 7 N–H and O–H groups in total. The highest BCUT2D eigenvalue weighted by Gasteiger charge is 2.29. The predicted molar refractivity (Wildman–Crippen MR) is 60.9 cm³/mol. The first kappa shape index (κ1) is 17.2. The fourth-order valence-electron chi connectivity index (χ4n) is 1.30. The third-order valence-corrected chi connectivity index (χ3v) is 2.42. The van der Waals surface area contributed by atoms with Crippen molar-refractivity contribution in [2.45, 2.75) is 37.3 Å². The zero-order valence-corrected chi connectivity index (χ0v) is 9.94. The van der Waals surface area contributed by atoms with E-state index in [9.17, 15) is 20.1 Å². The average Bonchev–Trinajstić information content (AvgIpc) is 2.34. The number of aliphatic hydroxyl groups excluding tert-OH is 5. The van der Waals surface area contributed by atoms with Crippen molar-refractivity contribution in [2.24, 2.45) is 0 Å². The molecule has 0 unspecified atom stereocenters. The van der Waals surface area contributed by atoms with Crippen LogP contribution in [-0.2, 0) is 4.79 Å². The van der Waals surface area contributed by atoms with Gasteiger partial charge in [0.05, 0.1) is 12.7 Å². The van der Waals surface area contributed by atoms with Gasteiger partial charge in [-0.3, -0.25) is 4.79 Å². The van der Waals surface area contributed by atoms with E-state index in [1.807, 2.05) is 0 Å². The van der Waals surface area contributed by atoms with Gasteiger partial charge in [-0.15, -0.1) is 0 Å². The molecule has 0 spiro atoms. The van der Waals surface area contributed by atoms with Gasteiger partial charge < -0.3 is 36.0 Å². The lowest BCUT2D eigenvalue weighted by Crippen LogP contribution is -2.49. The average molecular weight is 267 g/mol. The van der Waals surface area contributed by atoms with Crippen molar-refractivity contribution in [2.75, 3.05) is 19.7 Å². The van der Waals surface area contributed by atoms with Gasteiger partial charge in [-0.25, -0.2) is 0 Å². The molecule has 0 aromatic carbocycles. The number of aliphatic carboxylic acids is 1. The van der Waals surface area contributed by atoms with Crippen LogP contribution in [0.25, 0.3) is 0 Å². The summed E-state index contributed by atoms with van der Waals surface area (Å²) in [6.45, 7) is -0.443. The monoisotopic (exact) mass is 267 g/mol. The van der Waals surface area contributed by atoms with Gasteiger partial charge >= 0.3 is 5.97 Å². The highest BCUT2D eigenvalue weighted by molar-refractivity contribution is 5.66. The molecule has 0 aromatic heterocycles. The molecule has 0 fully saturated rings. The molecule has 108 valence electrons. The first-order valence-corrected chi connectivity index (χ1v) is 5.65. The minimum atomic E-state index is -1.65. The molecular weight excluding hydrogens is 246 g/mol. The number of hydrogen-bond donors (Lipinski definition) is 7. The third-order valence-electron chi connectivity index (χ3n) is 2.42. The van der Waals surface area contributed by atoms with Crippen LogP contribution in [0.4, 0.5) is 0 Å². The summed E-state index contributed by atoms with van der Waals surface area (Å²) < 4.78 is 0. The normalized spacial score (nSPS) is 18.1. The SMILES string of the molecule is O=C(O)CCCNC[C@H](O)[C@@H](O)[C@H](O)[C@H](O)CO. The van der Waals surface area contributed by atoms with Crippen LogP contribution in [0.5, 0.6) is 0 Å². The van der Waals surface area contributed by atoms with E-state index in [2.05, 4.69) is 5.32 Å². The zero-order valence-electron chi connectivity index (χ0n) is 9.94. The molecule has 0 aliphatic carbocycles. The minimum absolute atomic E-state index is 0.00248. The maximum absolute atomic E-state index is 10.2. The number of carboxylic acid groups (broad SMARTS) is 1. The van der Waals surface area contributed by atoms with Gasteiger partial charge in [-0.2, -0.15) is 0 Å². The molecule has 0 radical (unpaired) electrons. The van der Waals surface area contributed by atoms with Crippen molar-refractivity contribution in [1.29, 1.82) is 0 Å². The van der Waals surface area contributed by atoms with Gasteiger partial charge in [0.1, 0.15) is 18.3 Å². The van der Waals surface area contributed by atoms with Gasteiger partial charge in [0, 0.05) is 13.0 Å². The van der Waals surface area contributed by atoms with E-state index in [0.717, 1.165) is 0 Å². The van der Waals surface area contributed by atoms with Gasteiger partial charge in [0.25, 0.3) is 0 Å². The Morgan fingerprint density at radius 1 is 1.06 bits per heavy atom. The van der Waals surface area contributed by atoms with Crippen molar-refractivity contribution < 1.29 is 35.4 Å². The summed E-state index contributed by atoms with van der Waals surface area (Å²) in [5, 5.41) is 56.9. The first-order valence-electron chi connectivity index (χ1n) is 5.65. The Morgan fingerprint density at radius 2 is 1.61 bits per heavy atom. The van der Waals surface area contributed by atoms with Crippen LogP contribution < -0.4 is 5.32 Å². The van der Waals surface area contributed by atoms with Crippen LogP contribution in [0, 0.1) is 0 Å². The lowest BCUT2D eigenvalue weighted by atomic mass is 10.0. The summed E-state index contributed by atoms with van der Waals surface area (Å²) in [7, 11) is 0. The number of rotatable bonds is 10. The topological polar surface area (TPSA) is 150 Å². The largest absolute Gasteiger partial charge is 0.481 e. The summed E-state index contributed by atoms with van der Waals surface area (Å²) in [4.78, 5) is 10.2. The van der Waals surface area contributed by atoms with E-state index in [4.69, 9.17) is 15.3 Å². The third kappa shape index (κ3) is 6.84. The molecule has 0 aromatic rings. The summed E-state index contributed by atoms with van der Waals surface area (Å²) in [6.07, 6.45) is -5.73. The first-order chi connectivity index (χ1) is 8.40. The molecule has 18 heavy (non-hydrogen) atoms. The molecule has 0 amide bonds. The highest BCUT2D eigenvalue weighted by atomic mass is 16.4. The van der Waals surface area contributed by atoms with E-state index >= 15 is 0 Å². The number of carbonyl (C=O) groups is 1. The van der Waals surface area contributed by atoms with Crippen LogP contribution in [0.2, 0.25) is 0 Å². The molecule has 0 rings (SSSR count). The van der Waals surface area contributed by atoms with E-state index in [-0.39, 0.29) is 13.0 Å². The van der Waals surface area contributed by atoms with Crippen molar-refractivity contribution in [1.82, 2.24) is 5.32 Å². The molecule has 8 nitrogen and oxygen atoms in total. The summed E-state index contributed by atoms with van der Waals surface area (Å²) in [5.41, 5.74) is 0. The minimum Gasteiger partial charge on any atom is -0.481 e.